The third-order valence-electron chi connectivity index (χ3n) is 4.25. The minimum atomic E-state index is 0.412. The molecule has 1 atom stereocenters. The van der Waals surface area contributed by atoms with Crippen LogP contribution >= 0.6 is 11.3 Å². The lowest BCUT2D eigenvalue weighted by Gasteiger charge is -2.38. The molecule has 118 valence electrons. The van der Waals surface area contributed by atoms with E-state index in [1.165, 1.54) is 24.1 Å². The second-order valence-corrected chi connectivity index (χ2v) is 7.58. The number of piperidine rings is 1. The third-order valence-corrected chi connectivity index (χ3v) is 5.18. The molecule has 5 heteroatoms. The van der Waals surface area contributed by atoms with Gasteiger partial charge in [-0.15, -0.1) is 11.3 Å². The second-order valence-electron chi connectivity index (χ2n) is 6.34. The molecule has 0 aliphatic carbocycles. The van der Waals surface area contributed by atoms with E-state index in [0.717, 1.165) is 28.8 Å². The molecule has 1 aliphatic rings. The van der Waals surface area contributed by atoms with E-state index in [0.29, 0.717) is 12.1 Å². The number of likely N-dealkylation sites (tertiary alicyclic amines) is 1. The first-order valence-electron chi connectivity index (χ1n) is 8.08. The normalized spacial score (nSPS) is 19.8. The van der Waals surface area contributed by atoms with Crippen molar-refractivity contribution in [1.29, 1.82) is 0 Å². The van der Waals surface area contributed by atoms with E-state index in [1.807, 2.05) is 13.1 Å². The summed E-state index contributed by atoms with van der Waals surface area (Å²) in [5.74, 6) is 0.842. The maximum absolute atomic E-state index is 4.75. The van der Waals surface area contributed by atoms with Crippen LogP contribution in [-0.2, 0) is 0 Å². The lowest BCUT2D eigenvalue weighted by molar-refractivity contribution is 0.109. The summed E-state index contributed by atoms with van der Waals surface area (Å²) in [4.78, 5) is 17.6. The minimum Gasteiger partial charge on any atom is -0.292 e. The largest absolute Gasteiger partial charge is 0.292 e. The summed E-state index contributed by atoms with van der Waals surface area (Å²) in [5.41, 5.74) is 2.12. The van der Waals surface area contributed by atoms with Crippen LogP contribution in [0.2, 0.25) is 0 Å². The monoisotopic (exact) mass is 316 g/mol. The molecular weight excluding hydrogens is 292 g/mol. The lowest BCUT2D eigenvalue weighted by Crippen LogP contribution is -2.39. The van der Waals surface area contributed by atoms with Gasteiger partial charge < -0.3 is 0 Å². The first kappa shape index (κ1) is 15.6. The summed E-state index contributed by atoms with van der Waals surface area (Å²) in [6, 6.07) is 3.11. The lowest BCUT2D eigenvalue weighted by atomic mass is 9.97. The highest BCUT2D eigenvalue weighted by atomic mass is 32.1. The van der Waals surface area contributed by atoms with E-state index < -0.39 is 0 Å². The number of hydrogen-bond acceptors (Lipinski definition) is 5. The van der Waals surface area contributed by atoms with E-state index >= 15 is 0 Å². The van der Waals surface area contributed by atoms with Crippen molar-refractivity contribution in [2.75, 3.05) is 6.54 Å². The number of aromatic nitrogens is 3. The molecule has 0 unspecified atom stereocenters. The Morgan fingerprint density at radius 1 is 1.23 bits per heavy atom. The van der Waals surface area contributed by atoms with Crippen LogP contribution in [0.5, 0.6) is 0 Å². The zero-order valence-electron chi connectivity index (χ0n) is 13.8. The Hall–Kier alpha value is -1.33. The molecule has 1 saturated heterocycles. The van der Waals surface area contributed by atoms with Crippen molar-refractivity contribution >= 4 is 11.3 Å². The predicted octanol–water partition coefficient (Wildman–Crippen LogP) is 4.15. The fourth-order valence-corrected chi connectivity index (χ4v) is 3.96. The molecule has 0 bridgehead atoms. The second kappa shape index (κ2) is 6.42. The van der Waals surface area contributed by atoms with Gasteiger partial charge >= 0.3 is 0 Å². The Morgan fingerprint density at radius 3 is 2.73 bits per heavy atom. The van der Waals surface area contributed by atoms with Gasteiger partial charge in [-0.3, -0.25) is 4.90 Å². The van der Waals surface area contributed by atoms with Gasteiger partial charge in [0.25, 0.3) is 0 Å². The van der Waals surface area contributed by atoms with Gasteiger partial charge in [0.1, 0.15) is 16.5 Å². The number of rotatable bonds is 3. The molecular formula is C17H24N4S. The fraction of sp³-hybridized carbons (Fsp3) is 0.588. The van der Waals surface area contributed by atoms with E-state index in [2.05, 4.69) is 41.7 Å². The van der Waals surface area contributed by atoms with Crippen molar-refractivity contribution in [1.82, 2.24) is 19.9 Å². The molecule has 4 nitrogen and oxygen atoms in total. The van der Waals surface area contributed by atoms with Gasteiger partial charge in [-0.1, -0.05) is 6.42 Å². The minimum absolute atomic E-state index is 0.412. The highest BCUT2D eigenvalue weighted by Gasteiger charge is 2.27. The van der Waals surface area contributed by atoms with Gasteiger partial charge in [0.05, 0.1) is 11.7 Å². The van der Waals surface area contributed by atoms with Gasteiger partial charge in [0.2, 0.25) is 0 Å². The van der Waals surface area contributed by atoms with Crippen molar-refractivity contribution in [2.45, 2.75) is 59.0 Å². The van der Waals surface area contributed by atoms with Crippen molar-refractivity contribution in [3.63, 3.8) is 0 Å². The molecule has 3 rings (SSSR count). The average molecular weight is 316 g/mol. The van der Waals surface area contributed by atoms with E-state index in [-0.39, 0.29) is 0 Å². The molecule has 1 aliphatic heterocycles. The smallest absolute Gasteiger partial charge is 0.142 e. The molecule has 2 aromatic heterocycles. The maximum atomic E-state index is 4.75. The summed E-state index contributed by atoms with van der Waals surface area (Å²) in [6.07, 6.45) is 5.67. The van der Waals surface area contributed by atoms with E-state index in [9.17, 15) is 0 Å². The third kappa shape index (κ3) is 3.20. The van der Waals surface area contributed by atoms with Gasteiger partial charge in [-0.2, -0.15) is 0 Å². The van der Waals surface area contributed by atoms with E-state index in [1.54, 1.807) is 11.3 Å². The molecule has 0 N–H and O–H groups in total. The first-order valence-corrected chi connectivity index (χ1v) is 8.90. The van der Waals surface area contributed by atoms with Gasteiger partial charge in [0, 0.05) is 17.1 Å². The molecule has 1 fully saturated rings. The van der Waals surface area contributed by atoms with Crippen LogP contribution < -0.4 is 0 Å². The molecule has 3 heterocycles. The van der Waals surface area contributed by atoms with E-state index in [4.69, 9.17) is 4.98 Å². The number of thiazole rings is 1. The van der Waals surface area contributed by atoms with Crippen molar-refractivity contribution < 1.29 is 0 Å². The zero-order chi connectivity index (χ0) is 15.7. The Bertz CT molecular complexity index is 650. The van der Waals surface area contributed by atoms with Crippen molar-refractivity contribution in [3.8, 4) is 10.7 Å². The summed E-state index contributed by atoms with van der Waals surface area (Å²) in [5, 5.41) is 0.996. The Morgan fingerprint density at radius 2 is 2.05 bits per heavy atom. The van der Waals surface area contributed by atoms with Crippen LogP contribution in [0.15, 0.2) is 12.3 Å². The number of nitrogens with zero attached hydrogens (tertiary/aromatic N) is 4. The molecule has 0 saturated carbocycles. The molecule has 0 amide bonds. The summed E-state index contributed by atoms with van der Waals surface area (Å²) in [7, 11) is 0. The number of aryl methyl sites for hydroxylation is 2. The zero-order valence-corrected chi connectivity index (χ0v) is 14.7. The van der Waals surface area contributed by atoms with Crippen molar-refractivity contribution in [2.24, 2.45) is 0 Å². The topological polar surface area (TPSA) is 41.9 Å². The Kier molecular flexibility index (Phi) is 4.54. The van der Waals surface area contributed by atoms with Crippen LogP contribution in [0.1, 0.15) is 55.5 Å². The average Bonchev–Trinajstić information content (AvgIpc) is 2.93. The SMILES string of the molecule is Cc1nc(-c2ncc(C)s2)cc([C@@H]2CCCCN2C(C)C)n1. The molecule has 0 spiro atoms. The van der Waals surface area contributed by atoms with Crippen LogP contribution in [0, 0.1) is 13.8 Å². The summed E-state index contributed by atoms with van der Waals surface area (Å²) in [6.45, 7) is 9.78. The van der Waals surface area contributed by atoms with Crippen LogP contribution in [0.4, 0.5) is 0 Å². The van der Waals surface area contributed by atoms with Crippen LogP contribution in [0.3, 0.4) is 0 Å². The molecule has 22 heavy (non-hydrogen) atoms. The highest BCUT2D eigenvalue weighted by molar-refractivity contribution is 7.14. The van der Waals surface area contributed by atoms with Gasteiger partial charge in [-0.05, 0) is 53.1 Å². The highest BCUT2D eigenvalue weighted by Crippen LogP contribution is 2.33. The Balaban J connectivity index is 1.98. The van der Waals surface area contributed by atoms with Crippen LogP contribution in [0.25, 0.3) is 10.7 Å². The molecule has 0 aromatic carbocycles. The van der Waals surface area contributed by atoms with Crippen LogP contribution in [-0.4, -0.2) is 32.4 Å². The maximum Gasteiger partial charge on any atom is 0.142 e. The quantitative estimate of drug-likeness (QED) is 0.853. The van der Waals surface area contributed by atoms with Crippen molar-refractivity contribution in [3.05, 3.63) is 28.7 Å². The molecule has 2 aromatic rings. The predicted molar refractivity (Wildman–Crippen MR) is 91.0 cm³/mol. The van der Waals surface area contributed by atoms with Gasteiger partial charge in [0.15, 0.2) is 0 Å². The standard InChI is InChI=1S/C17H24N4S/c1-11(2)21-8-6-5-7-16(21)14-9-15(20-13(4)19-14)17-18-10-12(3)22-17/h9-11,16H,5-8H2,1-4H3/t16-/m0/s1. The summed E-state index contributed by atoms with van der Waals surface area (Å²) >= 11 is 1.70. The summed E-state index contributed by atoms with van der Waals surface area (Å²) < 4.78 is 0. The fourth-order valence-electron chi connectivity index (χ4n) is 3.23. The first-order chi connectivity index (χ1) is 10.5. The Labute approximate surface area is 136 Å². The van der Waals surface area contributed by atoms with Gasteiger partial charge in [-0.25, -0.2) is 15.0 Å². The molecule has 0 radical (unpaired) electrons. The number of hydrogen-bond donors (Lipinski definition) is 0.